The number of nitrogens with zero attached hydrogens (tertiary/aromatic N) is 1. The van der Waals surface area contributed by atoms with E-state index >= 15 is 0 Å². The minimum absolute atomic E-state index is 0.119. The molecule has 27 heavy (non-hydrogen) atoms. The molecule has 1 atom stereocenters. The maximum Gasteiger partial charge on any atom is 0.496 e. The Hall–Kier alpha value is -0.985. The Kier molecular flexibility index (Phi) is 4.48. The Bertz CT molecular complexity index is 681. The second-order valence-electron chi connectivity index (χ2n) is 9.25. The lowest BCUT2D eigenvalue weighted by atomic mass is 9.77. The first kappa shape index (κ1) is 19.3. The van der Waals surface area contributed by atoms with Crippen LogP contribution in [-0.4, -0.2) is 46.9 Å². The normalized spacial score (nSPS) is 37.9. The van der Waals surface area contributed by atoms with Crippen molar-refractivity contribution >= 4 is 12.6 Å². The van der Waals surface area contributed by atoms with Crippen molar-refractivity contribution in [1.29, 1.82) is 0 Å². The molecule has 1 N–H and O–H groups in total. The largest absolute Gasteiger partial charge is 0.496 e. The first-order valence-corrected chi connectivity index (χ1v) is 9.91. The highest BCUT2D eigenvalue weighted by atomic mass is 16.7. The molecule has 1 aliphatic carbocycles. The summed E-state index contributed by atoms with van der Waals surface area (Å²) in [4.78, 5) is 4.55. The molecule has 1 aromatic rings. The molecule has 0 amide bonds. The molecule has 3 heterocycles. The average molecular weight is 375 g/mol. The lowest BCUT2D eigenvalue weighted by molar-refractivity contribution is -0.211. The van der Waals surface area contributed by atoms with Gasteiger partial charge in [-0.05, 0) is 53.5 Å². The van der Waals surface area contributed by atoms with Crippen LogP contribution in [0.15, 0.2) is 18.3 Å². The van der Waals surface area contributed by atoms with E-state index in [2.05, 4.69) is 4.98 Å². The molecule has 1 spiro atoms. The molecule has 2 aliphatic heterocycles. The summed E-state index contributed by atoms with van der Waals surface area (Å²) in [5, 5.41) is 11.1. The smallest absolute Gasteiger partial charge is 0.399 e. The summed E-state index contributed by atoms with van der Waals surface area (Å²) in [6, 6.07) is 3.83. The van der Waals surface area contributed by atoms with Crippen molar-refractivity contribution < 1.29 is 23.9 Å². The summed E-state index contributed by atoms with van der Waals surface area (Å²) in [6.45, 7) is 10.8. The Labute approximate surface area is 161 Å². The van der Waals surface area contributed by atoms with Crippen LogP contribution in [0.4, 0.5) is 0 Å². The minimum Gasteiger partial charge on any atom is -0.399 e. The second-order valence-corrected chi connectivity index (χ2v) is 9.25. The monoisotopic (exact) mass is 375 g/mol. The van der Waals surface area contributed by atoms with Crippen LogP contribution < -0.4 is 5.46 Å². The molecule has 0 radical (unpaired) electrons. The molecule has 2 saturated heterocycles. The zero-order valence-electron chi connectivity index (χ0n) is 16.9. The molecule has 1 saturated carbocycles. The van der Waals surface area contributed by atoms with Gasteiger partial charge >= 0.3 is 7.12 Å². The highest BCUT2D eigenvalue weighted by Gasteiger charge is 2.52. The fraction of sp³-hybridized carbons (Fsp3) is 0.750. The standard InChI is InChI=1S/C20H30BNO5/c1-14-13-24-20(25-14)10-8-19(23,9-11-20)16-7-6-15(12-22-16)21-26-17(2,3)18(4,5)27-21/h6-7,12,14,23H,8-11,13H2,1-5H3. The van der Waals surface area contributed by atoms with E-state index in [-0.39, 0.29) is 17.3 Å². The van der Waals surface area contributed by atoms with Crippen LogP contribution in [0.1, 0.15) is 66.0 Å². The van der Waals surface area contributed by atoms with Gasteiger partial charge in [-0.15, -0.1) is 0 Å². The first-order chi connectivity index (χ1) is 12.5. The average Bonchev–Trinajstić information content (AvgIpc) is 3.08. The van der Waals surface area contributed by atoms with Crippen LogP contribution in [-0.2, 0) is 24.4 Å². The fourth-order valence-electron chi connectivity index (χ4n) is 4.07. The van der Waals surface area contributed by atoms with E-state index in [0.717, 1.165) is 5.46 Å². The minimum atomic E-state index is -0.946. The fourth-order valence-corrected chi connectivity index (χ4v) is 4.07. The van der Waals surface area contributed by atoms with Crippen LogP contribution >= 0.6 is 0 Å². The van der Waals surface area contributed by atoms with Crippen LogP contribution in [0.5, 0.6) is 0 Å². The molecule has 4 rings (SSSR count). The van der Waals surface area contributed by atoms with Crippen molar-refractivity contribution in [3.05, 3.63) is 24.0 Å². The van der Waals surface area contributed by atoms with Gasteiger partial charge in [0.05, 0.1) is 29.6 Å². The number of aliphatic hydroxyl groups is 1. The number of pyridine rings is 1. The summed E-state index contributed by atoms with van der Waals surface area (Å²) in [5.74, 6) is -0.520. The molecule has 3 aliphatic rings. The third-order valence-corrected chi connectivity index (χ3v) is 6.62. The Morgan fingerprint density at radius 2 is 1.67 bits per heavy atom. The molecule has 1 unspecified atom stereocenters. The van der Waals surface area contributed by atoms with Crippen LogP contribution in [0.3, 0.4) is 0 Å². The molecular formula is C20H30BNO5. The lowest BCUT2D eigenvalue weighted by Crippen LogP contribution is -2.43. The number of aromatic nitrogens is 1. The van der Waals surface area contributed by atoms with E-state index in [1.54, 1.807) is 6.20 Å². The maximum absolute atomic E-state index is 11.1. The van der Waals surface area contributed by atoms with Gasteiger partial charge in [0.2, 0.25) is 0 Å². The van der Waals surface area contributed by atoms with Gasteiger partial charge in [0.25, 0.3) is 0 Å². The van der Waals surface area contributed by atoms with E-state index in [1.807, 2.05) is 46.8 Å². The number of ether oxygens (including phenoxy) is 2. The van der Waals surface area contributed by atoms with E-state index in [4.69, 9.17) is 18.8 Å². The first-order valence-electron chi connectivity index (χ1n) is 9.91. The zero-order valence-corrected chi connectivity index (χ0v) is 16.9. The summed E-state index contributed by atoms with van der Waals surface area (Å²) in [7, 11) is -0.442. The summed E-state index contributed by atoms with van der Waals surface area (Å²) >= 11 is 0. The van der Waals surface area contributed by atoms with Crippen molar-refractivity contribution in [3.8, 4) is 0 Å². The number of hydrogen-bond donors (Lipinski definition) is 1. The molecule has 0 bridgehead atoms. The van der Waals surface area contributed by atoms with Crippen LogP contribution in [0, 0.1) is 0 Å². The molecule has 6 nitrogen and oxygen atoms in total. The number of rotatable bonds is 2. The quantitative estimate of drug-likeness (QED) is 0.800. The van der Waals surface area contributed by atoms with Gasteiger partial charge in [0, 0.05) is 24.5 Å². The van der Waals surface area contributed by atoms with Gasteiger partial charge in [0.1, 0.15) is 5.60 Å². The molecular weight excluding hydrogens is 345 g/mol. The SMILES string of the molecule is CC1COC2(CCC(O)(c3ccc(B4OC(C)(C)C(C)(C)O4)cn3)CC2)O1. The predicted molar refractivity (Wildman–Crippen MR) is 102 cm³/mol. The molecule has 148 valence electrons. The highest BCUT2D eigenvalue weighted by molar-refractivity contribution is 6.62. The van der Waals surface area contributed by atoms with Gasteiger partial charge in [-0.3, -0.25) is 4.98 Å². The van der Waals surface area contributed by atoms with Crippen molar-refractivity contribution in [2.24, 2.45) is 0 Å². The third-order valence-electron chi connectivity index (χ3n) is 6.62. The van der Waals surface area contributed by atoms with E-state index < -0.39 is 18.5 Å². The Morgan fingerprint density at radius 1 is 1.04 bits per heavy atom. The molecule has 0 aromatic carbocycles. The van der Waals surface area contributed by atoms with Crippen LogP contribution in [0.2, 0.25) is 0 Å². The van der Waals surface area contributed by atoms with Crippen molar-refractivity contribution in [2.75, 3.05) is 6.61 Å². The topological polar surface area (TPSA) is 70.0 Å². The molecule has 1 aromatic heterocycles. The van der Waals surface area contributed by atoms with Gasteiger partial charge in [-0.1, -0.05) is 6.07 Å². The maximum atomic E-state index is 11.1. The van der Waals surface area contributed by atoms with Crippen molar-refractivity contribution in [3.63, 3.8) is 0 Å². The summed E-state index contributed by atoms with van der Waals surface area (Å²) in [6.07, 6.45) is 4.37. The predicted octanol–water partition coefficient (Wildman–Crippen LogP) is 2.27. The van der Waals surface area contributed by atoms with Crippen LogP contribution in [0.25, 0.3) is 0 Å². The van der Waals surface area contributed by atoms with Gasteiger partial charge < -0.3 is 23.9 Å². The van der Waals surface area contributed by atoms with Crippen molar-refractivity contribution in [2.45, 2.75) is 89.0 Å². The second kappa shape index (κ2) is 6.26. The van der Waals surface area contributed by atoms with Gasteiger partial charge in [-0.2, -0.15) is 0 Å². The zero-order chi connectivity index (χ0) is 19.5. The third kappa shape index (κ3) is 3.34. The van der Waals surface area contributed by atoms with E-state index in [1.165, 1.54) is 0 Å². The number of hydrogen-bond acceptors (Lipinski definition) is 6. The highest BCUT2D eigenvalue weighted by Crippen LogP contribution is 2.45. The lowest BCUT2D eigenvalue weighted by Gasteiger charge is -2.40. The van der Waals surface area contributed by atoms with E-state index in [0.29, 0.717) is 38.0 Å². The summed E-state index contributed by atoms with van der Waals surface area (Å²) in [5.41, 5.74) is -0.165. The molecule has 7 heteroatoms. The Balaban J connectivity index is 1.45. The Morgan fingerprint density at radius 3 is 2.15 bits per heavy atom. The van der Waals surface area contributed by atoms with Crippen molar-refractivity contribution in [1.82, 2.24) is 4.98 Å². The summed E-state index contributed by atoms with van der Waals surface area (Å²) < 4.78 is 24.0. The van der Waals surface area contributed by atoms with Gasteiger partial charge in [-0.25, -0.2) is 0 Å². The van der Waals surface area contributed by atoms with Gasteiger partial charge in [0.15, 0.2) is 5.79 Å². The molecule has 3 fully saturated rings. The van der Waals surface area contributed by atoms with E-state index in [9.17, 15) is 5.11 Å².